The summed E-state index contributed by atoms with van der Waals surface area (Å²) in [5.41, 5.74) is 0. The largest absolute Gasteiger partial charge is 0.303 e. The van der Waals surface area contributed by atoms with Crippen LogP contribution in [0.5, 0.6) is 0 Å². The van der Waals surface area contributed by atoms with Gasteiger partial charge in [0.05, 0.1) is 0 Å². The zero-order valence-corrected chi connectivity index (χ0v) is 8.37. The Morgan fingerprint density at radius 2 is 1.54 bits per heavy atom. The van der Waals surface area contributed by atoms with Crippen molar-refractivity contribution in [3.05, 3.63) is 0 Å². The van der Waals surface area contributed by atoms with E-state index in [-0.39, 0.29) is 0 Å². The van der Waals surface area contributed by atoms with Gasteiger partial charge in [0.2, 0.25) is 0 Å². The van der Waals surface area contributed by atoms with Gasteiger partial charge in [-0.05, 0) is 24.7 Å². The molecular weight excluding hydrogens is 160 g/mol. The highest BCUT2D eigenvalue weighted by molar-refractivity contribution is 5.53. The maximum atomic E-state index is 10.8. The zero-order chi connectivity index (χ0) is 9.10. The molecule has 3 atom stereocenters. The quantitative estimate of drug-likeness (QED) is 0.566. The summed E-state index contributed by atoms with van der Waals surface area (Å²) in [4.78, 5) is 10.8. The monoisotopic (exact) mass is 180 g/mol. The van der Waals surface area contributed by atoms with Gasteiger partial charge in [-0.15, -0.1) is 0 Å². The number of hydrogen-bond acceptors (Lipinski definition) is 1. The lowest BCUT2D eigenvalue weighted by molar-refractivity contribution is -0.111. The molecule has 3 unspecified atom stereocenters. The molecule has 2 rings (SSSR count). The number of hydrogen-bond donors (Lipinski definition) is 0. The van der Waals surface area contributed by atoms with E-state index in [1.165, 1.54) is 51.2 Å². The Labute approximate surface area is 80.9 Å². The van der Waals surface area contributed by atoms with Crippen LogP contribution in [-0.4, -0.2) is 6.29 Å². The Hall–Kier alpha value is -0.330. The van der Waals surface area contributed by atoms with Crippen LogP contribution < -0.4 is 0 Å². The minimum Gasteiger partial charge on any atom is -0.303 e. The molecular formula is C12H20O. The topological polar surface area (TPSA) is 17.1 Å². The highest BCUT2D eigenvalue weighted by Gasteiger charge is 2.29. The van der Waals surface area contributed by atoms with Gasteiger partial charge in [-0.1, -0.05) is 38.5 Å². The van der Waals surface area contributed by atoms with Crippen molar-refractivity contribution in [2.75, 3.05) is 0 Å². The molecule has 0 spiro atoms. The molecule has 1 nitrogen and oxygen atoms in total. The molecule has 13 heavy (non-hydrogen) atoms. The van der Waals surface area contributed by atoms with E-state index in [4.69, 9.17) is 0 Å². The van der Waals surface area contributed by atoms with Crippen molar-refractivity contribution in [1.29, 1.82) is 0 Å². The summed E-state index contributed by atoms with van der Waals surface area (Å²) in [5.74, 6) is 2.26. The molecule has 1 heteroatoms. The fourth-order valence-corrected chi connectivity index (χ4v) is 3.25. The Morgan fingerprint density at radius 3 is 2.31 bits per heavy atom. The molecule has 0 heterocycles. The van der Waals surface area contributed by atoms with Crippen molar-refractivity contribution in [3.8, 4) is 0 Å². The van der Waals surface area contributed by atoms with Gasteiger partial charge in [-0.3, -0.25) is 0 Å². The van der Waals surface area contributed by atoms with Crippen LogP contribution in [0.15, 0.2) is 0 Å². The molecule has 0 aromatic carbocycles. The lowest BCUT2D eigenvalue weighted by atomic mass is 9.75. The number of carbonyl (C=O) groups is 1. The highest BCUT2D eigenvalue weighted by atomic mass is 16.1. The molecule has 2 aliphatic rings. The summed E-state index contributed by atoms with van der Waals surface area (Å²) in [5, 5.41) is 0. The molecule has 74 valence electrons. The van der Waals surface area contributed by atoms with E-state index >= 15 is 0 Å². The van der Waals surface area contributed by atoms with Crippen LogP contribution in [0.1, 0.15) is 51.4 Å². The third kappa shape index (κ3) is 2.12. The Kier molecular flexibility index (Phi) is 3.02. The van der Waals surface area contributed by atoms with Gasteiger partial charge in [0, 0.05) is 5.92 Å². The van der Waals surface area contributed by atoms with E-state index in [1.807, 2.05) is 0 Å². The molecule has 0 aromatic heterocycles. The number of aldehydes is 1. The summed E-state index contributed by atoms with van der Waals surface area (Å²) in [6.07, 6.45) is 12.0. The van der Waals surface area contributed by atoms with E-state index in [2.05, 4.69) is 0 Å². The van der Waals surface area contributed by atoms with Gasteiger partial charge in [-0.2, -0.15) is 0 Å². The fourth-order valence-electron chi connectivity index (χ4n) is 3.25. The van der Waals surface area contributed by atoms with E-state index in [0.29, 0.717) is 5.92 Å². The Balaban J connectivity index is 1.98. The van der Waals surface area contributed by atoms with Crippen LogP contribution in [0.3, 0.4) is 0 Å². The molecule has 0 saturated heterocycles. The van der Waals surface area contributed by atoms with E-state index in [9.17, 15) is 4.79 Å². The molecule has 2 aliphatic carbocycles. The van der Waals surface area contributed by atoms with Crippen molar-refractivity contribution in [1.82, 2.24) is 0 Å². The minimum atomic E-state index is 0.396. The van der Waals surface area contributed by atoms with Crippen LogP contribution in [0, 0.1) is 17.8 Å². The fraction of sp³-hybridized carbons (Fsp3) is 0.917. The van der Waals surface area contributed by atoms with Crippen LogP contribution >= 0.6 is 0 Å². The number of fused-ring (bicyclic) bond motifs is 1. The average molecular weight is 180 g/mol. The standard InChI is InChI=1S/C12H20O/c13-9-10-4-3-7-11-5-1-2-6-12(11)8-10/h9-12H,1-8H2. The first-order chi connectivity index (χ1) is 6.40. The predicted molar refractivity (Wildman–Crippen MR) is 53.5 cm³/mol. The van der Waals surface area contributed by atoms with Crippen molar-refractivity contribution in [2.45, 2.75) is 51.4 Å². The smallest absolute Gasteiger partial charge is 0.123 e. The highest BCUT2D eigenvalue weighted by Crippen LogP contribution is 2.40. The third-order valence-corrected chi connectivity index (χ3v) is 4.01. The third-order valence-electron chi connectivity index (χ3n) is 4.01. The van der Waals surface area contributed by atoms with Gasteiger partial charge in [-0.25, -0.2) is 0 Å². The van der Waals surface area contributed by atoms with Crippen molar-refractivity contribution in [2.24, 2.45) is 17.8 Å². The molecule has 0 amide bonds. The van der Waals surface area contributed by atoms with Crippen molar-refractivity contribution < 1.29 is 4.79 Å². The second-order valence-electron chi connectivity index (χ2n) is 4.87. The van der Waals surface area contributed by atoms with E-state index in [1.54, 1.807) is 0 Å². The second-order valence-corrected chi connectivity index (χ2v) is 4.87. The molecule has 2 saturated carbocycles. The first-order valence-corrected chi connectivity index (χ1v) is 5.85. The first kappa shape index (κ1) is 9.23. The molecule has 0 aliphatic heterocycles. The molecule has 0 aromatic rings. The van der Waals surface area contributed by atoms with Gasteiger partial charge >= 0.3 is 0 Å². The summed E-state index contributed by atoms with van der Waals surface area (Å²) in [6.45, 7) is 0. The van der Waals surface area contributed by atoms with Crippen LogP contribution in [-0.2, 0) is 4.79 Å². The minimum absolute atomic E-state index is 0.396. The first-order valence-electron chi connectivity index (χ1n) is 5.85. The van der Waals surface area contributed by atoms with E-state index in [0.717, 1.165) is 18.3 Å². The molecule has 2 fully saturated rings. The average Bonchev–Trinajstić information content (AvgIpc) is 2.38. The summed E-state index contributed by atoms with van der Waals surface area (Å²) < 4.78 is 0. The van der Waals surface area contributed by atoms with Crippen LogP contribution in [0.25, 0.3) is 0 Å². The maximum Gasteiger partial charge on any atom is 0.123 e. The van der Waals surface area contributed by atoms with Gasteiger partial charge in [0.1, 0.15) is 6.29 Å². The summed E-state index contributed by atoms with van der Waals surface area (Å²) in [6, 6.07) is 0. The predicted octanol–water partition coefficient (Wildman–Crippen LogP) is 3.18. The van der Waals surface area contributed by atoms with Gasteiger partial charge in [0.15, 0.2) is 0 Å². The lowest BCUT2D eigenvalue weighted by Crippen LogP contribution is -2.19. The van der Waals surface area contributed by atoms with Crippen molar-refractivity contribution >= 4 is 6.29 Å². The Bertz CT molecular complexity index is 176. The van der Waals surface area contributed by atoms with Gasteiger partial charge < -0.3 is 4.79 Å². The molecule has 0 bridgehead atoms. The lowest BCUT2D eigenvalue weighted by Gasteiger charge is -2.30. The summed E-state index contributed by atoms with van der Waals surface area (Å²) >= 11 is 0. The SMILES string of the molecule is O=CC1CCCC2CCCCC2C1. The normalized spacial score (nSPS) is 40.5. The van der Waals surface area contributed by atoms with Crippen LogP contribution in [0.4, 0.5) is 0 Å². The summed E-state index contributed by atoms with van der Waals surface area (Å²) in [7, 11) is 0. The van der Waals surface area contributed by atoms with Crippen LogP contribution in [0.2, 0.25) is 0 Å². The Morgan fingerprint density at radius 1 is 0.846 bits per heavy atom. The van der Waals surface area contributed by atoms with Gasteiger partial charge in [0.25, 0.3) is 0 Å². The van der Waals surface area contributed by atoms with Crippen molar-refractivity contribution in [3.63, 3.8) is 0 Å². The maximum absolute atomic E-state index is 10.8. The molecule has 0 N–H and O–H groups in total. The van der Waals surface area contributed by atoms with E-state index < -0.39 is 0 Å². The number of carbonyl (C=O) groups excluding carboxylic acids is 1. The zero-order valence-electron chi connectivity index (χ0n) is 8.37. The second kappa shape index (κ2) is 4.26. The number of rotatable bonds is 1. The molecule has 0 radical (unpaired) electrons.